The van der Waals surface area contributed by atoms with Crippen LogP contribution < -0.4 is 9.64 Å². The van der Waals surface area contributed by atoms with Gasteiger partial charge in [-0.25, -0.2) is 4.98 Å². The number of aromatic nitrogens is 1. The second kappa shape index (κ2) is 10.3. The van der Waals surface area contributed by atoms with Crippen LogP contribution in [0.3, 0.4) is 0 Å². The standard InChI is InChI=1S/C30H30BrN3O2/c1-4-36-25-11-8-22(9-12-25)29-18-27(26-17-23(31)10-13-28(26)32-29)30(35)33-14-15-34(21(3)19-33)24-7-5-6-20(2)16-24/h5-13,16-18,21H,4,14-15,19H2,1-3H3. The first-order valence-electron chi connectivity index (χ1n) is 12.4. The third-order valence-electron chi connectivity index (χ3n) is 6.71. The van der Waals surface area contributed by atoms with Gasteiger partial charge in [0.15, 0.2) is 0 Å². The quantitative estimate of drug-likeness (QED) is 0.280. The molecule has 0 bridgehead atoms. The van der Waals surface area contributed by atoms with Crippen LogP contribution in [0.25, 0.3) is 22.2 Å². The Hall–Kier alpha value is -3.38. The van der Waals surface area contributed by atoms with E-state index in [2.05, 4.69) is 58.9 Å². The molecule has 0 N–H and O–H groups in total. The second-order valence-electron chi connectivity index (χ2n) is 9.31. The van der Waals surface area contributed by atoms with Crippen molar-refractivity contribution >= 4 is 38.4 Å². The maximum absolute atomic E-state index is 13.9. The zero-order valence-corrected chi connectivity index (χ0v) is 22.5. The number of carbonyl (C=O) groups is 1. The summed E-state index contributed by atoms with van der Waals surface area (Å²) in [6, 6.07) is 24.5. The van der Waals surface area contributed by atoms with Gasteiger partial charge < -0.3 is 14.5 Å². The minimum atomic E-state index is 0.0448. The lowest BCUT2D eigenvalue weighted by Crippen LogP contribution is -2.53. The summed E-state index contributed by atoms with van der Waals surface area (Å²) in [5.74, 6) is 0.867. The van der Waals surface area contributed by atoms with Gasteiger partial charge in [-0.2, -0.15) is 0 Å². The van der Waals surface area contributed by atoms with Crippen LogP contribution in [0.1, 0.15) is 29.8 Å². The van der Waals surface area contributed by atoms with E-state index in [1.165, 1.54) is 11.3 Å². The largest absolute Gasteiger partial charge is 0.494 e. The second-order valence-corrected chi connectivity index (χ2v) is 10.2. The highest BCUT2D eigenvalue weighted by molar-refractivity contribution is 9.10. The number of nitrogens with zero attached hydrogens (tertiary/aromatic N) is 3. The fourth-order valence-corrected chi connectivity index (χ4v) is 5.28. The summed E-state index contributed by atoms with van der Waals surface area (Å²) in [6.07, 6.45) is 0. The molecule has 1 atom stereocenters. The van der Waals surface area contributed by atoms with E-state index in [0.29, 0.717) is 25.3 Å². The van der Waals surface area contributed by atoms with Crippen LogP contribution in [-0.4, -0.2) is 48.1 Å². The van der Waals surface area contributed by atoms with E-state index in [9.17, 15) is 4.79 Å². The van der Waals surface area contributed by atoms with Gasteiger partial charge in [0.05, 0.1) is 23.4 Å². The number of benzene rings is 3. The number of hydrogen-bond donors (Lipinski definition) is 0. The zero-order chi connectivity index (χ0) is 25.2. The molecule has 0 aliphatic carbocycles. The number of pyridine rings is 1. The van der Waals surface area contributed by atoms with Gasteiger partial charge in [-0.1, -0.05) is 28.1 Å². The van der Waals surface area contributed by atoms with Crippen molar-refractivity contribution in [2.75, 3.05) is 31.1 Å². The fourth-order valence-electron chi connectivity index (χ4n) is 4.91. The van der Waals surface area contributed by atoms with Crippen molar-refractivity contribution in [3.8, 4) is 17.0 Å². The van der Waals surface area contributed by atoms with Crippen LogP contribution >= 0.6 is 15.9 Å². The summed E-state index contributed by atoms with van der Waals surface area (Å²) >= 11 is 3.57. The number of rotatable bonds is 5. The summed E-state index contributed by atoms with van der Waals surface area (Å²) in [5, 5.41) is 0.859. The van der Waals surface area contributed by atoms with Crippen molar-refractivity contribution in [3.63, 3.8) is 0 Å². The minimum absolute atomic E-state index is 0.0448. The molecule has 3 aromatic carbocycles. The van der Waals surface area contributed by atoms with E-state index in [1.807, 2.05) is 60.4 Å². The molecule has 1 fully saturated rings. The Balaban J connectivity index is 1.47. The number of piperazine rings is 1. The van der Waals surface area contributed by atoms with Crippen molar-refractivity contribution in [1.82, 2.24) is 9.88 Å². The molecule has 36 heavy (non-hydrogen) atoms. The molecule has 1 amide bonds. The van der Waals surface area contributed by atoms with Crippen LogP contribution in [0.2, 0.25) is 0 Å². The molecule has 1 unspecified atom stereocenters. The highest BCUT2D eigenvalue weighted by atomic mass is 79.9. The Morgan fingerprint density at radius 1 is 1.06 bits per heavy atom. The first-order valence-corrected chi connectivity index (χ1v) is 13.2. The van der Waals surface area contributed by atoms with Gasteiger partial charge in [-0.05, 0) is 87.0 Å². The predicted octanol–water partition coefficient (Wildman–Crippen LogP) is 6.72. The highest BCUT2D eigenvalue weighted by Gasteiger charge is 2.29. The number of aryl methyl sites for hydroxylation is 1. The Labute approximate surface area is 220 Å². The third kappa shape index (κ3) is 4.96. The number of halogens is 1. The van der Waals surface area contributed by atoms with E-state index in [4.69, 9.17) is 9.72 Å². The van der Waals surface area contributed by atoms with Gasteiger partial charge >= 0.3 is 0 Å². The molecule has 5 rings (SSSR count). The molecule has 1 aliphatic rings. The molecule has 4 aromatic rings. The van der Waals surface area contributed by atoms with Crippen molar-refractivity contribution in [2.24, 2.45) is 0 Å². The summed E-state index contributed by atoms with van der Waals surface area (Å²) in [6.45, 7) is 9.04. The smallest absolute Gasteiger partial charge is 0.254 e. The molecular formula is C30H30BrN3O2. The molecular weight excluding hydrogens is 514 g/mol. The number of carbonyl (C=O) groups excluding carboxylic acids is 1. The molecule has 1 aliphatic heterocycles. The molecule has 1 aromatic heterocycles. The van der Waals surface area contributed by atoms with Gasteiger partial charge in [-0.15, -0.1) is 0 Å². The molecule has 0 spiro atoms. The maximum Gasteiger partial charge on any atom is 0.254 e. The topological polar surface area (TPSA) is 45.7 Å². The SMILES string of the molecule is CCOc1ccc(-c2cc(C(=O)N3CCN(c4cccc(C)c4)C(C)C3)c3cc(Br)ccc3n2)cc1. The van der Waals surface area contributed by atoms with E-state index in [-0.39, 0.29) is 11.9 Å². The molecule has 5 nitrogen and oxygen atoms in total. The van der Waals surface area contributed by atoms with E-state index in [0.717, 1.165) is 38.9 Å². The number of anilines is 1. The van der Waals surface area contributed by atoms with E-state index in [1.54, 1.807) is 0 Å². The normalized spacial score (nSPS) is 15.8. The molecule has 2 heterocycles. The van der Waals surface area contributed by atoms with Gasteiger partial charge in [0, 0.05) is 46.8 Å². The van der Waals surface area contributed by atoms with Crippen molar-refractivity contribution in [1.29, 1.82) is 0 Å². The fraction of sp³-hybridized carbons (Fsp3) is 0.267. The van der Waals surface area contributed by atoms with Crippen LogP contribution in [-0.2, 0) is 0 Å². The summed E-state index contributed by atoms with van der Waals surface area (Å²) in [7, 11) is 0. The van der Waals surface area contributed by atoms with Crippen LogP contribution in [0.5, 0.6) is 5.75 Å². The first-order chi connectivity index (χ1) is 17.4. The molecule has 184 valence electrons. The Morgan fingerprint density at radius 2 is 1.86 bits per heavy atom. The van der Waals surface area contributed by atoms with Gasteiger partial charge in [0.1, 0.15) is 5.75 Å². The Morgan fingerprint density at radius 3 is 2.58 bits per heavy atom. The zero-order valence-electron chi connectivity index (χ0n) is 20.9. The molecule has 0 saturated carbocycles. The van der Waals surface area contributed by atoms with E-state index < -0.39 is 0 Å². The number of amides is 1. The number of fused-ring (bicyclic) bond motifs is 1. The van der Waals surface area contributed by atoms with Crippen LogP contribution in [0, 0.1) is 6.92 Å². The third-order valence-corrected chi connectivity index (χ3v) is 7.20. The van der Waals surface area contributed by atoms with Gasteiger partial charge in [0.2, 0.25) is 0 Å². The van der Waals surface area contributed by atoms with Crippen LogP contribution in [0.15, 0.2) is 77.3 Å². The summed E-state index contributed by atoms with van der Waals surface area (Å²) < 4.78 is 6.52. The predicted molar refractivity (Wildman–Crippen MR) is 150 cm³/mol. The Bertz CT molecular complexity index is 1400. The first kappa shape index (κ1) is 24.3. The maximum atomic E-state index is 13.9. The van der Waals surface area contributed by atoms with Crippen molar-refractivity contribution in [3.05, 3.63) is 88.4 Å². The lowest BCUT2D eigenvalue weighted by Gasteiger charge is -2.41. The number of ether oxygens (including phenoxy) is 1. The van der Waals surface area contributed by atoms with E-state index >= 15 is 0 Å². The van der Waals surface area contributed by atoms with Crippen molar-refractivity contribution < 1.29 is 9.53 Å². The Kier molecular flexibility index (Phi) is 6.97. The molecule has 6 heteroatoms. The number of hydrogen-bond acceptors (Lipinski definition) is 4. The lowest BCUT2D eigenvalue weighted by molar-refractivity contribution is 0.0728. The molecule has 0 radical (unpaired) electrons. The average Bonchev–Trinajstić information content (AvgIpc) is 2.88. The summed E-state index contributed by atoms with van der Waals surface area (Å²) in [5.41, 5.74) is 5.68. The van der Waals surface area contributed by atoms with Gasteiger partial charge in [0.25, 0.3) is 5.91 Å². The summed E-state index contributed by atoms with van der Waals surface area (Å²) in [4.78, 5) is 23.2. The van der Waals surface area contributed by atoms with Crippen LogP contribution in [0.4, 0.5) is 5.69 Å². The monoisotopic (exact) mass is 543 g/mol. The van der Waals surface area contributed by atoms with Gasteiger partial charge in [-0.3, -0.25) is 4.79 Å². The molecule has 1 saturated heterocycles. The van der Waals surface area contributed by atoms with Crippen molar-refractivity contribution in [2.45, 2.75) is 26.8 Å². The lowest BCUT2D eigenvalue weighted by atomic mass is 10.0. The minimum Gasteiger partial charge on any atom is -0.494 e. The average molecular weight is 544 g/mol. The highest BCUT2D eigenvalue weighted by Crippen LogP contribution is 2.30.